The predicted molar refractivity (Wildman–Crippen MR) is 185 cm³/mol. The zero-order valence-electron chi connectivity index (χ0n) is 23.0. The van der Waals surface area contributed by atoms with Crippen molar-refractivity contribution < 1.29 is 5.11 Å². The van der Waals surface area contributed by atoms with Crippen LogP contribution in [0.15, 0.2) is 140 Å². The van der Waals surface area contributed by atoms with E-state index in [0.717, 1.165) is 27.3 Å². The third-order valence-corrected chi connectivity index (χ3v) is 10.9. The number of phenols is 1. The van der Waals surface area contributed by atoms with Gasteiger partial charge in [-0.3, -0.25) is 0 Å². The number of rotatable bonds is 4. The van der Waals surface area contributed by atoms with Crippen LogP contribution in [0, 0.1) is 0 Å². The highest BCUT2D eigenvalue weighted by molar-refractivity contribution is 7.19. The Morgan fingerprint density at radius 1 is 0.372 bits per heavy atom. The Morgan fingerprint density at radius 2 is 0.907 bits per heavy atom. The SMILES string of the molecule is Oc1c2c3c(cc(-c4ccc(-c5ccccc5)s4)cc3c3ccccc13)-c1cc(-c3ccc(-c4ccccc4)s3)ccc1-2. The van der Waals surface area contributed by atoms with Gasteiger partial charge in [0.15, 0.2) is 0 Å². The molecular formula is C40H24OS2. The van der Waals surface area contributed by atoms with Crippen LogP contribution in [0.3, 0.4) is 0 Å². The Labute approximate surface area is 257 Å². The van der Waals surface area contributed by atoms with Crippen molar-refractivity contribution in [3.63, 3.8) is 0 Å². The van der Waals surface area contributed by atoms with Crippen LogP contribution in [0.5, 0.6) is 5.75 Å². The smallest absolute Gasteiger partial charge is 0.131 e. The van der Waals surface area contributed by atoms with Crippen molar-refractivity contribution in [2.75, 3.05) is 0 Å². The van der Waals surface area contributed by atoms with Gasteiger partial charge in [0.25, 0.3) is 0 Å². The van der Waals surface area contributed by atoms with Gasteiger partial charge in [0.1, 0.15) is 5.75 Å². The fourth-order valence-corrected chi connectivity index (χ4v) is 8.56. The van der Waals surface area contributed by atoms with E-state index in [4.69, 9.17) is 0 Å². The van der Waals surface area contributed by atoms with E-state index in [-0.39, 0.29) is 0 Å². The van der Waals surface area contributed by atoms with Crippen molar-refractivity contribution in [1.29, 1.82) is 0 Å². The Kier molecular flexibility index (Phi) is 5.46. The van der Waals surface area contributed by atoms with Crippen molar-refractivity contribution >= 4 is 44.2 Å². The minimum absolute atomic E-state index is 0.369. The van der Waals surface area contributed by atoms with Gasteiger partial charge in [-0.05, 0) is 92.2 Å². The molecule has 3 heteroatoms. The van der Waals surface area contributed by atoms with Gasteiger partial charge in [-0.25, -0.2) is 0 Å². The first kappa shape index (κ1) is 24.6. The standard InChI is InChI=1S/C40H24OS2/c41-40-30-14-8-7-13-28(30)32-22-27(37-20-18-35(43-37)25-11-5-2-6-12-25)23-33-31-21-26(15-16-29(31)39(40)38(32)33)36-19-17-34(42-36)24-9-3-1-4-10-24/h1-23,41H. The molecule has 8 aromatic rings. The fraction of sp³-hybridized carbons (Fsp3) is 0. The molecule has 0 amide bonds. The van der Waals surface area contributed by atoms with Crippen LogP contribution in [0.4, 0.5) is 0 Å². The van der Waals surface area contributed by atoms with Crippen LogP contribution in [0.1, 0.15) is 0 Å². The molecule has 202 valence electrons. The van der Waals surface area contributed by atoms with Gasteiger partial charge in [-0.1, -0.05) is 97.1 Å². The summed E-state index contributed by atoms with van der Waals surface area (Å²) in [5.74, 6) is 0.369. The lowest BCUT2D eigenvalue weighted by molar-refractivity contribution is 0.484. The molecule has 43 heavy (non-hydrogen) atoms. The van der Waals surface area contributed by atoms with Gasteiger partial charge in [0, 0.05) is 35.8 Å². The molecule has 1 nitrogen and oxygen atoms in total. The van der Waals surface area contributed by atoms with E-state index in [2.05, 4.69) is 127 Å². The van der Waals surface area contributed by atoms with Crippen molar-refractivity contribution in [3.05, 3.63) is 140 Å². The molecule has 0 bridgehead atoms. The number of aromatic hydroxyl groups is 1. The van der Waals surface area contributed by atoms with Crippen molar-refractivity contribution in [3.8, 4) is 69.8 Å². The summed E-state index contributed by atoms with van der Waals surface area (Å²) in [6.07, 6.45) is 0. The number of thiophene rings is 2. The Balaban J connectivity index is 1.26. The minimum Gasteiger partial charge on any atom is -0.507 e. The highest BCUT2D eigenvalue weighted by Gasteiger charge is 2.28. The van der Waals surface area contributed by atoms with Crippen LogP contribution >= 0.6 is 22.7 Å². The maximum absolute atomic E-state index is 11.7. The largest absolute Gasteiger partial charge is 0.507 e. The first-order valence-corrected chi connectivity index (χ1v) is 16.0. The normalized spacial score (nSPS) is 11.8. The molecular weight excluding hydrogens is 561 g/mol. The number of hydrogen-bond donors (Lipinski definition) is 1. The topological polar surface area (TPSA) is 20.2 Å². The first-order valence-electron chi connectivity index (χ1n) is 14.4. The molecule has 1 N–H and O–H groups in total. The minimum atomic E-state index is 0.369. The average Bonchev–Trinajstić information content (AvgIpc) is 3.83. The van der Waals surface area contributed by atoms with Crippen molar-refractivity contribution in [1.82, 2.24) is 0 Å². The lowest BCUT2D eigenvalue weighted by atomic mass is 9.93. The summed E-state index contributed by atoms with van der Waals surface area (Å²) in [5.41, 5.74) is 9.30. The number of hydrogen-bond acceptors (Lipinski definition) is 3. The number of phenolic OH excluding ortho intramolecular Hbond substituents is 1. The average molecular weight is 585 g/mol. The third-order valence-electron chi connectivity index (χ3n) is 8.57. The fourth-order valence-electron chi connectivity index (χ4n) is 6.56. The van der Waals surface area contributed by atoms with E-state index in [1.54, 1.807) is 0 Å². The van der Waals surface area contributed by atoms with E-state index in [9.17, 15) is 5.11 Å². The molecule has 0 saturated carbocycles. The lowest BCUT2D eigenvalue weighted by Gasteiger charge is -2.12. The molecule has 0 atom stereocenters. The van der Waals surface area contributed by atoms with Gasteiger partial charge in [0.2, 0.25) is 0 Å². The molecule has 0 spiro atoms. The zero-order chi connectivity index (χ0) is 28.5. The highest BCUT2D eigenvalue weighted by Crippen LogP contribution is 2.56. The third kappa shape index (κ3) is 3.82. The highest BCUT2D eigenvalue weighted by atomic mass is 32.1. The van der Waals surface area contributed by atoms with Crippen LogP contribution in [0.2, 0.25) is 0 Å². The molecule has 0 radical (unpaired) electrons. The second-order valence-corrected chi connectivity index (χ2v) is 13.2. The van der Waals surface area contributed by atoms with Gasteiger partial charge >= 0.3 is 0 Å². The number of benzene rings is 6. The van der Waals surface area contributed by atoms with E-state index >= 15 is 0 Å². The van der Waals surface area contributed by atoms with Gasteiger partial charge in [-0.2, -0.15) is 0 Å². The summed E-state index contributed by atoms with van der Waals surface area (Å²) in [6, 6.07) is 49.7. The molecule has 0 saturated heterocycles. The molecule has 0 aliphatic heterocycles. The van der Waals surface area contributed by atoms with Gasteiger partial charge < -0.3 is 5.11 Å². The van der Waals surface area contributed by atoms with E-state index in [0.29, 0.717) is 5.75 Å². The number of fused-ring (bicyclic) bond motifs is 5. The maximum atomic E-state index is 11.7. The second-order valence-electron chi connectivity index (χ2n) is 11.0. The van der Waals surface area contributed by atoms with Crippen LogP contribution < -0.4 is 0 Å². The monoisotopic (exact) mass is 584 g/mol. The quantitative estimate of drug-likeness (QED) is 0.204. The lowest BCUT2D eigenvalue weighted by Crippen LogP contribution is -1.84. The molecule has 1 aliphatic carbocycles. The summed E-state index contributed by atoms with van der Waals surface area (Å²) in [5, 5.41) is 16.0. The zero-order valence-corrected chi connectivity index (χ0v) is 24.7. The van der Waals surface area contributed by atoms with E-state index < -0.39 is 0 Å². The van der Waals surface area contributed by atoms with E-state index in [1.165, 1.54) is 58.3 Å². The van der Waals surface area contributed by atoms with Crippen molar-refractivity contribution in [2.45, 2.75) is 0 Å². The Bertz CT molecular complexity index is 2340. The molecule has 0 fully saturated rings. The first-order chi connectivity index (χ1) is 21.2. The molecule has 1 aliphatic rings. The summed E-state index contributed by atoms with van der Waals surface area (Å²) >= 11 is 3.65. The summed E-state index contributed by atoms with van der Waals surface area (Å²) < 4.78 is 0. The molecule has 9 rings (SSSR count). The Hall–Kier alpha value is -4.96. The van der Waals surface area contributed by atoms with E-state index in [1.807, 2.05) is 34.8 Å². The Morgan fingerprint density at radius 3 is 1.56 bits per heavy atom. The van der Waals surface area contributed by atoms with Crippen LogP contribution in [-0.2, 0) is 0 Å². The molecule has 0 unspecified atom stereocenters. The predicted octanol–water partition coefficient (Wildman–Crippen LogP) is 12.1. The van der Waals surface area contributed by atoms with Crippen molar-refractivity contribution in [2.24, 2.45) is 0 Å². The van der Waals surface area contributed by atoms with Gasteiger partial charge in [0.05, 0.1) is 0 Å². The second kappa shape index (κ2) is 9.53. The summed E-state index contributed by atoms with van der Waals surface area (Å²) in [4.78, 5) is 5.01. The molecule has 2 aromatic heterocycles. The summed E-state index contributed by atoms with van der Waals surface area (Å²) in [7, 11) is 0. The maximum Gasteiger partial charge on any atom is 0.131 e. The molecule has 6 aromatic carbocycles. The molecule has 2 heterocycles. The summed E-state index contributed by atoms with van der Waals surface area (Å²) in [6.45, 7) is 0. The van der Waals surface area contributed by atoms with Gasteiger partial charge in [-0.15, -0.1) is 22.7 Å². The van der Waals surface area contributed by atoms with Crippen LogP contribution in [-0.4, -0.2) is 5.11 Å². The van der Waals surface area contributed by atoms with Crippen LogP contribution in [0.25, 0.3) is 85.6 Å².